The van der Waals surface area contributed by atoms with Crippen molar-refractivity contribution in [3.05, 3.63) is 29.8 Å². The first-order valence-corrected chi connectivity index (χ1v) is 19.6. The number of rotatable bonds is 33. The van der Waals surface area contributed by atoms with Crippen LogP contribution in [0.3, 0.4) is 0 Å². The molecule has 0 saturated carbocycles. The Labute approximate surface area is 266 Å². The Bertz CT molecular complexity index is 652. The van der Waals surface area contributed by atoms with Crippen molar-refractivity contribution in [3.63, 3.8) is 0 Å². The third kappa shape index (κ3) is 24.5. The second-order valence-electron chi connectivity index (χ2n) is 13.7. The Morgan fingerprint density at radius 1 is 0.357 bits per heavy atom. The molecule has 1 aromatic rings. The molecule has 0 radical (unpaired) electrons. The zero-order valence-corrected chi connectivity index (χ0v) is 29.4. The number of unbranched alkanes of at least 4 members (excludes halogenated alkanes) is 28. The van der Waals surface area contributed by atoms with Gasteiger partial charge in [-0.05, 0) is 31.4 Å². The van der Waals surface area contributed by atoms with Crippen LogP contribution in [0.5, 0.6) is 0 Å². The molecule has 1 rings (SSSR count). The first-order chi connectivity index (χ1) is 20.8. The van der Waals surface area contributed by atoms with Crippen LogP contribution in [-0.2, 0) is 0 Å². The summed E-state index contributed by atoms with van der Waals surface area (Å²) < 4.78 is 0. The van der Waals surface area contributed by atoms with E-state index in [0.29, 0.717) is 0 Å². The van der Waals surface area contributed by atoms with Gasteiger partial charge in [0.25, 0.3) is 0 Å². The average molecular weight is 584 g/mol. The van der Waals surface area contributed by atoms with Crippen molar-refractivity contribution in [1.82, 2.24) is 0 Å². The van der Waals surface area contributed by atoms with Crippen LogP contribution in [0.15, 0.2) is 24.3 Å². The molecular weight excluding hydrogens is 506 g/mol. The van der Waals surface area contributed by atoms with Gasteiger partial charge in [0.2, 0.25) is 0 Å². The minimum absolute atomic E-state index is 1.24. The Morgan fingerprint density at radius 2 is 0.619 bits per heavy atom. The molecule has 1 nitrogen and oxygen atoms in total. The molecule has 0 aliphatic heterocycles. The van der Waals surface area contributed by atoms with Gasteiger partial charge in [-0.3, -0.25) is 0 Å². The SMILES string of the molecule is CCCCCCCCCCCCCCCCCCN(CCCCCCCCCCCCCCCC)c1ccccc1C. The number of nitrogens with zero attached hydrogens (tertiary/aromatic N) is 1. The first-order valence-electron chi connectivity index (χ1n) is 19.6. The van der Waals surface area contributed by atoms with Crippen molar-refractivity contribution in [2.45, 2.75) is 213 Å². The quantitative estimate of drug-likeness (QED) is 0.0744. The molecule has 0 aliphatic carbocycles. The van der Waals surface area contributed by atoms with Gasteiger partial charge in [0.05, 0.1) is 0 Å². The van der Waals surface area contributed by atoms with E-state index in [-0.39, 0.29) is 0 Å². The molecule has 0 bridgehead atoms. The van der Waals surface area contributed by atoms with Crippen LogP contribution in [-0.4, -0.2) is 13.1 Å². The molecule has 0 amide bonds. The number of benzene rings is 1. The number of anilines is 1. The van der Waals surface area contributed by atoms with Gasteiger partial charge < -0.3 is 4.90 Å². The average Bonchev–Trinajstić information content (AvgIpc) is 3.00. The Balaban J connectivity index is 2.04. The predicted molar refractivity (Wildman–Crippen MR) is 193 cm³/mol. The van der Waals surface area contributed by atoms with E-state index in [0.717, 1.165) is 0 Å². The van der Waals surface area contributed by atoms with Crippen molar-refractivity contribution >= 4 is 5.69 Å². The van der Waals surface area contributed by atoms with Crippen molar-refractivity contribution in [1.29, 1.82) is 0 Å². The lowest BCUT2D eigenvalue weighted by atomic mass is 10.0. The number of aryl methyl sites for hydroxylation is 1. The monoisotopic (exact) mass is 584 g/mol. The summed E-state index contributed by atoms with van der Waals surface area (Å²) in [7, 11) is 0. The van der Waals surface area contributed by atoms with Gasteiger partial charge in [0, 0.05) is 18.8 Å². The molecule has 0 atom stereocenters. The van der Waals surface area contributed by atoms with Gasteiger partial charge in [0.15, 0.2) is 0 Å². The maximum atomic E-state index is 2.71. The van der Waals surface area contributed by atoms with Crippen LogP contribution >= 0.6 is 0 Å². The van der Waals surface area contributed by atoms with E-state index in [1.54, 1.807) is 0 Å². The van der Waals surface area contributed by atoms with Crippen molar-refractivity contribution in [3.8, 4) is 0 Å². The zero-order chi connectivity index (χ0) is 30.2. The standard InChI is InChI=1S/C41H77N/c1-4-6-8-10-12-14-16-18-20-21-23-25-27-29-31-35-39-42(41-37-33-32-36-40(41)3)38-34-30-28-26-24-22-19-17-15-13-11-9-7-5-2/h32-33,36-37H,4-31,34-35,38-39H2,1-3H3. The second kappa shape index (κ2) is 31.4. The van der Waals surface area contributed by atoms with Gasteiger partial charge in [-0.1, -0.05) is 212 Å². The minimum Gasteiger partial charge on any atom is -0.371 e. The highest BCUT2D eigenvalue weighted by atomic mass is 15.1. The summed E-state index contributed by atoms with van der Waals surface area (Å²) in [6.07, 6.45) is 43.2. The Hall–Kier alpha value is -0.980. The summed E-state index contributed by atoms with van der Waals surface area (Å²) >= 11 is 0. The predicted octanol–water partition coefficient (Wildman–Crippen LogP) is 14.5. The highest BCUT2D eigenvalue weighted by molar-refractivity contribution is 5.52. The molecule has 0 heterocycles. The summed E-state index contributed by atoms with van der Waals surface area (Å²) in [5, 5.41) is 0. The molecule has 1 aromatic carbocycles. The summed E-state index contributed by atoms with van der Waals surface area (Å²) in [5.41, 5.74) is 2.92. The highest BCUT2D eigenvalue weighted by Gasteiger charge is 2.08. The van der Waals surface area contributed by atoms with E-state index < -0.39 is 0 Å². The van der Waals surface area contributed by atoms with Crippen LogP contribution < -0.4 is 4.90 Å². The molecule has 1 heteroatoms. The van der Waals surface area contributed by atoms with Crippen LogP contribution in [0.25, 0.3) is 0 Å². The summed E-state index contributed by atoms with van der Waals surface area (Å²) in [5.74, 6) is 0. The normalized spacial score (nSPS) is 11.4. The fraction of sp³-hybridized carbons (Fsp3) is 0.854. The van der Waals surface area contributed by atoms with E-state index in [4.69, 9.17) is 0 Å². The number of para-hydroxylation sites is 1. The molecule has 0 saturated heterocycles. The molecule has 246 valence electrons. The first kappa shape index (κ1) is 39.0. The maximum absolute atomic E-state index is 2.71. The van der Waals surface area contributed by atoms with Gasteiger partial charge >= 0.3 is 0 Å². The molecule has 0 aromatic heterocycles. The Morgan fingerprint density at radius 3 is 0.905 bits per heavy atom. The van der Waals surface area contributed by atoms with Crippen molar-refractivity contribution < 1.29 is 0 Å². The molecule has 0 unspecified atom stereocenters. The van der Waals surface area contributed by atoms with Crippen LogP contribution in [0.2, 0.25) is 0 Å². The van der Waals surface area contributed by atoms with Crippen molar-refractivity contribution in [2.24, 2.45) is 0 Å². The fourth-order valence-electron chi connectivity index (χ4n) is 6.62. The van der Waals surface area contributed by atoms with E-state index >= 15 is 0 Å². The Kier molecular flexibility index (Phi) is 29.2. The largest absolute Gasteiger partial charge is 0.371 e. The fourth-order valence-corrected chi connectivity index (χ4v) is 6.62. The highest BCUT2D eigenvalue weighted by Crippen LogP contribution is 2.22. The van der Waals surface area contributed by atoms with E-state index in [9.17, 15) is 0 Å². The molecule has 0 spiro atoms. The molecular formula is C41H77N. The lowest BCUT2D eigenvalue weighted by Gasteiger charge is -2.26. The topological polar surface area (TPSA) is 3.24 Å². The summed E-state index contributed by atoms with van der Waals surface area (Å²) in [6, 6.07) is 9.07. The molecule has 0 N–H and O–H groups in total. The number of hydrogen-bond acceptors (Lipinski definition) is 1. The minimum atomic E-state index is 1.24. The van der Waals surface area contributed by atoms with Gasteiger partial charge in [-0.25, -0.2) is 0 Å². The maximum Gasteiger partial charge on any atom is 0.0395 e. The second-order valence-corrected chi connectivity index (χ2v) is 13.7. The smallest absolute Gasteiger partial charge is 0.0395 e. The van der Waals surface area contributed by atoms with Gasteiger partial charge in [-0.2, -0.15) is 0 Å². The van der Waals surface area contributed by atoms with Crippen molar-refractivity contribution in [2.75, 3.05) is 18.0 Å². The van der Waals surface area contributed by atoms with E-state index in [2.05, 4.69) is 49.9 Å². The van der Waals surface area contributed by atoms with Gasteiger partial charge in [0.1, 0.15) is 0 Å². The summed E-state index contributed by atoms with van der Waals surface area (Å²) in [4.78, 5) is 2.71. The third-order valence-electron chi connectivity index (χ3n) is 9.52. The number of hydrogen-bond donors (Lipinski definition) is 0. The van der Waals surface area contributed by atoms with Gasteiger partial charge in [-0.15, -0.1) is 0 Å². The lowest BCUT2D eigenvalue weighted by Crippen LogP contribution is -2.26. The van der Waals surface area contributed by atoms with Crippen LogP contribution in [0.1, 0.15) is 212 Å². The molecule has 42 heavy (non-hydrogen) atoms. The third-order valence-corrected chi connectivity index (χ3v) is 9.52. The van der Waals surface area contributed by atoms with Crippen LogP contribution in [0, 0.1) is 6.92 Å². The van der Waals surface area contributed by atoms with Crippen LogP contribution in [0.4, 0.5) is 5.69 Å². The summed E-state index contributed by atoms with van der Waals surface area (Å²) in [6.45, 7) is 9.38. The van der Waals surface area contributed by atoms with E-state index in [1.807, 2.05) is 0 Å². The lowest BCUT2D eigenvalue weighted by molar-refractivity contribution is 0.526. The zero-order valence-electron chi connectivity index (χ0n) is 29.4. The molecule has 0 aliphatic rings. The molecule has 0 fully saturated rings. The van der Waals surface area contributed by atoms with E-state index in [1.165, 1.54) is 217 Å².